The summed E-state index contributed by atoms with van der Waals surface area (Å²) < 4.78 is 24.0. The molecule has 2 amide bonds. The number of rotatable bonds is 5. The summed E-state index contributed by atoms with van der Waals surface area (Å²) in [5, 5.41) is 5.29. The Kier molecular flexibility index (Phi) is 5.43. The molecule has 2 rings (SSSR count). The van der Waals surface area contributed by atoms with Gasteiger partial charge in [0.05, 0.1) is 19.9 Å². The van der Waals surface area contributed by atoms with Crippen molar-refractivity contribution in [3.8, 4) is 5.75 Å². The Balaban J connectivity index is 1.83. The van der Waals surface area contributed by atoms with Crippen molar-refractivity contribution in [1.82, 2.24) is 15.6 Å². The summed E-state index contributed by atoms with van der Waals surface area (Å²) in [6, 6.07) is 3.88. The van der Waals surface area contributed by atoms with E-state index in [9.17, 15) is 9.18 Å². The van der Waals surface area contributed by atoms with Crippen LogP contribution in [0.1, 0.15) is 38.0 Å². The second-order valence-corrected chi connectivity index (χ2v) is 6.40. The topological polar surface area (TPSA) is 76.4 Å². The molecule has 1 aromatic carbocycles. The third-order valence-corrected chi connectivity index (χ3v) is 3.31. The molecular formula is C17H22FN3O3. The Labute approximate surface area is 140 Å². The maximum absolute atomic E-state index is 13.4. The van der Waals surface area contributed by atoms with E-state index in [0.29, 0.717) is 17.2 Å². The lowest BCUT2D eigenvalue weighted by molar-refractivity contribution is 0.238. The van der Waals surface area contributed by atoms with Crippen LogP contribution in [0.15, 0.2) is 28.8 Å². The number of methoxy groups -OCH3 is 1. The van der Waals surface area contributed by atoms with Crippen molar-refractivity contribution in [2.45, 2.75) is 39.3 Å². The standard InChI is InChI=1S/C17H22FN3O3/c1-17(2,3)14-9-19-15(24-14)10-21-16(22)20-8-11-5-12(18)7-13(6-11)23-4/h5-7,9H,8,10H2,1-4H3,(H2,20,21,22). The predicted octanol–water partition coefficient (Wildman–Crippen LogP) is 3.12. The fourth-order valence-corrected chi connectivity index (χ4v) is 1.98. The van der Waals surface area contributed by atoms with Crippen LogP contribution in [0, 0.1) is 5.82 Å². The SMILES string of the molecule is COc1cc(F)cc(CNC(=O)NCc2ncc(C(C)(C)C)o2)c1. The van der Waals surface area contributed by atoms with Gasteiger partial charge in [-0.05, 0) is 17.7 Å². The zero-order valence-corrected chi connectivity index (χ0v) is 14.3. The number of halogens is 1. The summed E-state index contributed by atoms with van der Waals surface area (Å²) in [5.74, 6) is 1.18. The molecule has 1 aromatic heterocycles. The van der Waals surface area contributed by atoms with Crippen molar-refractivity contribution in [2.75, 3.05) is 7.11 Å². The molecule has 2 N–H and O–H groups in total. The number of carbonyl (C=O) groups is 1. The highest BCUT2D eigenvalue weighted by Crippen LogP contribution is 2.22. The van der Waals surface area contributed by atoms with Crippen LogP contribution < -0.4 is 15.4 Å². The number of ether oxygens (including phenoxy) is 1. The molecule has 0 radical (unpaired) electrons. The number of nitrogens with one attached hydrogen (secondary N) is 2. The fraction of sp³-hybridized carbons (Fsp3) is 0.412. The lowest BCUT2D eigenvalue weighted by Gasteiger charge is -2.13. The molecular weight excluding hydrogens is 313 g/mol. The van der Waals surface area contributed by atoms with Gasteiger partial charge in [-0.2, -0.15) is 0 Å². The van der Waals surface area contributed by atoms with Crippen LogP contribution in [0.3, 0.4) is 0 Å². The van der Waals surface area contributed by atoms with E-state index in [1.807, 2.05) is 20.8 Å². The lowest BCUT2D eigenvalue weighted by atomic mass is 9.94. The van der Waals surface area contributed by atoms with Gasteiger partial charge in [0.1, 0.15) is 17.3 Å². The molecule has 0 aliphatic carbocycles. The van der Waals surface area contributed by atoms with E-state index < -0.39 is 11.8 Å². The van der Waals surface area contributed by atoms with Gasteiger partial charge in [0.15, 0.2) is 0 Å². The minimum atomic E-state index is -0.416. The summed E-state index contributed by atoms with van der Waals surface area (Å²) in [6.45, 7) is 6.41. The van der Waals surface area contributed by atoms with E-state index in [-0.39, 0.29) is 18.5 Å². The first kappa shape index (κ1) is 17.8. The van der Waals surface area contributed by atoms with E-state index >= 15 is 0 Å². The third kappa shape index (κ3) is 4.97. The number of hydrogen-bond donors (Lipinski definition) is 2. The molecule has 24 heavy (non-hydrogen) atoms. The number of urea groups is 1. The first-order valence-corrected chi connectivity index (χ1v) is 7.58. The predicted molar refractivity (Wildman–Crippen MR) is 87.2 cm³/mol. The van der Waals surface area contributed by atoms with Crippen molar-refractivity contribution in [1.29, 1.82) is 0 Å². The maximum atomic E-state index is 13.4. The number of nitrogens with zero attached hydrogens (tertiary/aromatic N) is 1. The molecule has 1 heterocycles. The largest absolute Gasteiger partial charge is 0.497 e. The van der Waals surface area contributed by atoms with Gasteiger partial charge < -0.3 is 19.8 Å². The lowest BCUT2D eigenvalue weighted by Crippen LogP contribution is -2.34. The second-order valence-electron chi connectivity index (χ2n) is 6.40. The average Bonchev–Trinajstić information content (AvgIpc) is 2.99. The van der Waals surface area contributed by atoms with Gasteiger partial charge in [-0.1, -0.05) is 20.8 Å². The molecule has 0 aliphatic heterocycles. The zero-order chi connectivity index (χ0) is 17.7. The van der Waals surface area contributed by atoms with Gasteiger partial charge in [-0.25, -0.2) is 14.2 Å². The Morgan fingerprint density at radius 2 is 1.96 bits per heavy atom. The van der Waals surface area contributed by atoms with Gasteiger partial charge in [-0.3, -0.25) is 0 Å². The number of hydrogen-bond acceptors (Lipinski definition) is 4. The van der Waals surface area contributed by atoms with Crippen LogP contribution in [0.4, 0.5) is 9.18 Å². The van der Waals surface area contributed by atoms with Gasteiger partial charge in [0, 0.05) is 18.0 Å². The summed E-state index contributed by atoms with van der Waals surface area (Å²) in [5.41, 5.74) is 0.470. The number of carbonyl (C=O) groups excluding carboxylic acids is 1. The second kappa shape index (κ2) is 7.33. The smallest absolute Gasteiger partial charge is 0.315 e. The van der Waals surface area contributed by atoms with Crippen LogP contribution in [0.2, 0.25) is 0 Å². The molecule has 0 spiro atoms. The van der Waals surface area contributed by atoms with Crippen LogP contribution in [0.25, 0.3) is 0 Å². The highest BCUT2D eigenvalue weighted by molar-refractivity contribution is 5.73. The van der Waals surface area contributed by atoms with Crippen LogP contribution in [-0.4, -0.2) is 18.1 Å². The first-order valence-electron chi connectivity index (χ1n) is 7.58. The summed E-state index contributed by atoms with van der Waals surface area (Å²) in [6.07, 6.45) is 1.66. The molecule has 0 atom stereocenters. The molecule has 0 fully saturated rings. The van der Waals surface area contributed by atoms with Crippen molar-refractivity contribution < 1.29 is 18.3 Å². The van der Waals surface area contributed by atoms with Gasteiger partial charge >= 0.3 is 6.03 Å². The molecule has 130 valence electrons. The normalized spacial score (nSPS) is 11.2. The Hall–Kier alpha value is -2.57. The summed E-state index contributed by atoms with van der Waals surface area (Å²) >= 11 is 0. The molecule has 0 aliphatic rings. The summed E-state index contributed by atoms with van der Waals surface area (Å²) in [4.78, 5) is 15.9. The number of benzene rings is 1. The Bertz CT molecular complexity index is 707. The molecule has 0 bridgehead atoms. The highest BCUT2D eigenvalue weighted by Gasteiger charge is 2.19. The van der Waals surface area contributed by atoms with Gasteiger partial charge in [0.2, 0.25) is 5.89 Å². The van der Waals surface area contributed by atoms with Gasteiger partial charge in [-0.15, -0.1) is 0 Å². The Morgan fingerprint density at radius 3 is 2.58 bits per heavy atom. The maximum Gasteiger partial charge on any atom is 0.315 e. The van der Waals surface area contributed by atoms with E-state index in [1.54, 1.807) is 12.3 Å². The van der Waals surface area contributed by atoms with Crippen molar-refractivity contribution in [3.05, 3.63) is 47.4 Å². The summed E-state index contributed by atoms with van der Waals surface area (Å²) in [7, 11) is 1.46. The van der Waals surface area contributed by atoms with Gasteiger partial charge in [0.25, 0.3) is 0 Å². The molecule has 7 heteroatoms. The number of amides is 2. The van der Waals surface area contributed by atoms with Crippen LogP contribution in [-0.2, 0) is 18.5 Å². The van der Waals surface area contributed by atoms with E-state index in [1.165, 1.54) is 19.2 Å². The van der Waals surface area contributed by atoms with Crippen molar-refractivity contribution in [3.63, 3.8) is 0 Å². The Morgan fingerprint density at radius 1 is 1.25 bits per heavy atom. The first-order chi connectivity index (χ1) is 11.3. The fourth-order valence-electron chi connectivity index (χ4n) is 1.98. The molecule has 0 saturated carbocycles. The zero-order valence-electron chi connectivity index (χ0n) is 14.3. The van der Waals surface area contributed by atoms with E-state index in [4.69, 9.17) is 9.15 Å². The van der Waals surface area contributed by atoms with Crippen molar-refractivity contribution >= 4 is 6.03 Å². The quantitative estimate of drug-likeness (QED) is 0.880. The molecule has 0 saturated heterocycles. The monoisotopic (exact) mass is 335 g/mol. The minimum absolute atomic E-state index is 0.135. The molecule has 0 unspecified atom stereocenters. The van der Waals surface area contributed by atoms with E-state index in [2.05, 4.69) is 15.6 Å². The average molecular weight is 335 g/mol. The van der Waals surface area contributed by atoms with E-state index in [0.717, 1.165) is 5.76 Å². The number of oxazole rings is 1. The number of aromatic nitrogens is 1. The van der Waals surface area contributed by atoms with Crippen molar-refractivity contribution in [2.24, 2.45) is 0 Å². The van der Waals surface area contributed by atoms with Crippen LogP contribution >= 0.6 is 0 Å². The minimum Gasteiger partial charge on any atom is -0.497 e. The van der Waals surface area contributed by atoms with Crippen LogP contribution in [0.5, 0.6) is 5.75 Å². The molecule has 6 nitrogen and oxygen atoms in total. The third-order valence-electron chi connectivity index (χ3n) is 3.31. The molecule has 2 aromatic rings. The highest BCUT2D eigenvalue weighted by atomic mass is 19.1.